The Morgan fingerprint density at radius 1 is 0.966 bits per heavy atom. The molecule has 0 aromatic rings. The van der Waals surface area contributed by atoms with Crippen LogP contribution in [-0.2, 0) is 14.3 Å². The standard InChI is InChI=1S/C26H32O3/c1-23-5-3-16-15(22(23)14-10-18(14)26(23)6-4-21(28)29-26)12-25(7-8-25)20-11-19(27)13-9-17(13)24(16,20)2/h11,13-18,22H,3-10,12H2,1-2H3/t13?,14?,15?,16?,17-,18?,22?,23-,24-,26-/m0/s1. The lowest BCUT2D eigenvalue weighted by Gasteiger charge is -2.62. The molecular weight excluding hydrogens is 360 g/mol. The summed E-state index contributed by atoms with van der Waals surface area (Å²) in [4.78, 5) is 24.9. The van der Waals surface area contributed by atoms with Crippen molar-refractivity contribution in [1.82, 2.24) is 0 Å². The first kappa shape index (κ1) is 16.6. The molecule has 1 heterocycles. The minimum Gasteiger partial charge on any atom is -0.458 e. The van der Waals surface area contributed by atoms with Gasteiger partial charge in [-0.3, -0.25) is 9.59 Å². The number of ketones is 1. The molecule has 7 aliphatic carbocycles. The molecule has 0 aromatic heterocycles. The Balaban J connectivity index is 1.26. The van der Waals surface area contributed by atoms with Crippen molar-refractivity contribution in [2.45, 2.75) is 77.2 Å². The first-order valence-corrected chi connectivity index (χ1v) is 12.3. The van der Waals surface area contributed by atoms with Crippen molar-refractivity contribution in [1.29, 1.82) is 0 Å². The van der Waals surface area contributed by atoms with Gasteiger partial charge in [0.1, 0.15) is 5.60 Å². The summed E-state index contributed by atoms with van der Waals surface area (Å²) in [6.07, 6.45) is 12.6. The second kappa shape index (κ2) is 4.41. The van der Waals surface area contributed by atoms with Crippen LogP contribution in [0, 0.1) is 57.7 Å². The van der Waals surface area contributed by atoms with Gasteiger partial charge in [0, 0.05) is 23.7 Å². The predicted octanol–water partition coefficient (Wildman–Crippen LogP) is 4.70. The molecule has 154 valence electrons. The average Bonchev–Trinajstić information content (AvgIpc) is 3.57. The quantitative estimate of drug-likeness (QED) is 0.562. The lowest BCUT2D eigenvalue weighted by molar-refractivity contribution is -0.178. The van der Waals surface area contributed by atoms with E-state index < -0.39 is 0 Å². The SMILES string of the molecule is C[C@@]12C(=CC(=O)C3C[C@@H]31)C1(CC1)CC1C2CC[C@@]2(C)C1C1CC1[C@@]21CCC(=O)O1. The fourth-order valence-electron chi connectivity index (χ4n) is 10.8. The van der Waals surface area contributed by atoms with Crippen molar-refractivity contribution in [2.75, 3.05) is 0 Å². The second-order valence-electron chi connectivity index (χ2n) is 12.8. The van der Waals surface area contributed by atoms with E-state index in [4.69, 9.17) is 4.74 Å². The maximum atomic E-state index is 12.7. The van der Waals surface area contributed by atoms with Crippen molar-refractivity contribution in [2.24, 2.45) is 57.7 Å². The van der Waals surface area contributed by atoms with Crippen molar-refractivity contribution >= 4 is 11.8 Å². The molecule has 1 saturated heterocycles. The molecule has 0 amide bonds. The Kier molecular flexibility index (Phi) is 2.52. The Labute approximate surface area is 173 Å². The van der Waals surface area contributed by atoms with Gasteiger partial charge in [-0.1, -0.05) is 19.4 Å². The van der Waals surface area contributed by atoms with Crippen LogP contribution in [0.2, 0.25) is 0 Å². The van der Waals surface area contributed by atoms with E-state index in [1.807, 2.05) is 0 Å². The maximum Gasteiger partial charge on any atom is 0.306 e. The number of hydrogen-bond donors (Lipinski definition) is 0. The van der Waals surface area contributed by atoms with Gasteiger partial charge >= 0.3 is 5.97 Å². The van der Waals surface area contributed by atoms with Crippen LogP contribution in [0.5, 0.6) is 0 Å². The van der Waals surface area contributed by atoms with Crippen LogP contribution in [0.3, 0.4) is 0 Å². The zero-order valence-electron chi connectivity index (χ0n) is 17.7. The third kappa shape index (κ3) is 1.57. The third-order valence-corrected chi connectivity index (χ3v) is 12.2. The lowest BCUT2D eigenvalue weighted by atomic mass is 9.42. The van der Waals surface area contributed by atoms with Crippen molar-refractivity contribution in [3.05, 3.63) is 11.6 Å². The Bertz CT molecular complexity index is 928. The zero-order valence-corrected chi connectivity index (χ0v) is 17.7. The van der Waals surface area contributed by atoms with Gasteiger partial charge in [0.25, 0.3) is 0 Å². The largest absolute Gasteiger partial charge is 0.458 e. The molecule has 7 fully saturated rings. The smallest absolute Gasteiger partial charge is 0.306 e. The van der Waals surface area contributed by atoms with Gasteiger partial charge in [-0.2, -0.15) is 0 Å². The summed E-state index contributed by atoms with van der Waals surface area (Å²) >= 11 is 0. The Hall–Kier alpha value is -1.12. The topological polar surface area (TPSA) is 43.4 Å². The highest BCUT2D eigenvalue weighted by atomic mass is 16.6. The molecule has 0 bridgehead atoms. The summed E-state index contributed by atoms with van der Waals surface area (Å²) in [6, 6.07) is 0. The van der Waals surface area contributed by atoms with Crippen LogP contribution in [-0.4, -0.2) is 17.4 Å². The number of esters is 1. The molecule has 3 nitrogen and oxygen atoms in total. The summed E-state index contributed by atoms with van der Waals surface area (Å²) in [5.74, 6) is 5.18. The second-order valence-corrected chi connectivity index (χ2v) is 12.8. The van der Waals surface area contributed by atoms with Gasteiger partial charge in [-0.05, 0) is 97.9 Å². The van der Waals surface area contributed by atoms with Gasteiger partial charge in [0.15, 0.2) is 5.78 Å². The molecule has 8 rings (SSSR count). The molecule has 1 aliphatic heterocycles. The van der Waals surface area contributed by atoms with E-state index in [9.17, 15) is 9.59 Å². The first-order valence-electron chi connectivity index (χ1n) is 12.3. The lowest BCUT2D eigenvalue weighted by Crippen LogP contribution is -2.58. The van der Waals surface area contributed by atoms with Crippen LogP contribution in [0.15, 0.2) is 11.6 Å². The summed E-state index contributed by atoms with van der Waals surface area (Å²) < 4.78 is 6.26. The summed E-state index contributed by atoms with van der Waals surface area (Å²) in [5, 5.41) is 0. The van der Waals surface area contributed by atoms with Gasteiger partial charge in [-0.15, -0.1) is 0 Å². The molecule has 0 aromatic carbocycles. The van der Waals surface area contributed by atoms with Crippen LogP contribution < -0.4 is 0 Å². The van der Waals surface area contributed by atoms with Gasteiger partial charge in [-0.25, -0.2) is 0 Å². The average molecular weight is 393 g/mol. The maximum absolute atomic E-state index is 12.7. The fraction of sp³-hybridized carbons (Fsp3) is 0.846. The van der Waals surface area contributed by atoms with Gasteiger partial charge in [0.2, 0.25) is 0 Å². The number of hydrogen-bond acceptors (Lipinski definition) is 3. The van der Waals surface area contributed by atoms with Gasteiger partial charge in [0.05, 0.1) is 0 Å². The van der Waals surface area contributed by atoms with Crippen LogP contribution in [0.25, 0.3) is 0 Å². The van der Waals surface area contributed by atoms with Crippen molar-refractivity contribution in [3.8, 4) is 0 Å². The summed E-state index contributed by atoms with van der Waals surface area (Å²) in [5.41, 5.74) is 2.26. The van der Waals surface area contributed by atoms with Gasteiger partial charge < -0.3 is 4.74 Å². The predicted molar refractivity (Wildman–Crippen MR) is 107 cm³/mol. The van der Waals surface area contributed by atoms with E-state index in [1.165, 1.54) is 38.5 Å². The van der Waals surface area contributed by atoms with Crippen LogP contribution >= 0.6 is 0 Å². The molecule has 29 heavy (non-hydrogen) atoms. The molecule has 3 heteroatoms. The number of fused-ring (bicyclic) bond motifs is 12. The third-order valence-electron chi connectivity index (χ3n) is 12.2. The van der Waals surface area contributed by atoms with Crippen LogP contribution in [0.1, 0.15) is 71.6 Å². The van der Waals surface area contributed by atoms with Crippen molar-refractivity contribution in [3.63, 3.8) is 0 Å². The molecule has 6 saturated carbocycles. The van der Waals surface area contributed by atoms with E-state index in [-0.39, 0.29) is 22.4 Å². The zero-order chi connectivity index (χ0) is 19.6. The molecule has 2 spiro atoms. The number of carbonyl (C=O) groups excluding carboxylic acids is 2. The Morgan fingerprint density at radius 3 is 2.52 bits per heavy atom. The van der Waals surface area contributed by atoms with E-state index >= 15 is 0 Å². The molecular formula is C26H32O3. The minimum atomic E-state index is -0.136. The first-order chi connectivity index (χ1) is 13.8. The monoisotopic (exact) mass is 392 g/mol. The minimum absolute atomic E-state index is 0.0609. The molecule has 8 aliphatic rings. The fourth-order valence-corrected chi connectivity index (χ4v) is 10.8. The molecule has 0 N–H and O–H groups in total. The Morgan fingerprint density at radius 2 is 1.79 bits per heavy atom. The molecule has 0 radical (unpaired) electrons. The van der Waals surface area contributed by atoms with E-state index in [1.54, 1.807) is 5.57 Å². The highest BCUT2D eigenvalue weighted by molar-refractivity contribution is 5.96. The number of rotatable bonds is 0. The normalized spacial score (nSPS) is 61.9. The van der Waals surface area contributed by atoms with E-state index in [2.05, 4.69) is 19.9 Å². The number of ether oxygens (including phenoxy) is 1. The van der Waals surface area contributed by atoms with E-state index in [0.29, 0.717) is 35.4 Å². The highest BCUT2D eigenvalue weighted by Crippen LogP contribution is 2.83. The highest BCUT2D eigenvalue weighted by Gasteiger charge is 2.81. The number of carbonyl (C=O) groups is 2. The number of allylic oxidation sites excluding steroid dienone is 1. The van der Waals surface area contributed by atoms with Crippen LogP contribution in [0.4, 0.5) is 0 Å². The van der Waals surface area contributed by atoms with Crippen molar-refractivity contribution < 1.29 is 14.3 Å². The molecule has 6 unspecified atom stereocenters. The molecule has 10 atom stereocenters. The summed E-state index contributed by atoms with van der Waals surface area (Å²) in [6.45, 7) is 5.08. The van der Waals surface area contributed by atoms with E-state index in [0.717, 1.165) is 36.5 Å². The summed E-state index contributed by atoms with van der Waals surface area (Å²) in [7, 11) is 0.